The highest BCUT2D eigenvalue weighted by molar-refractivity contribution is 5.65. The highest BCUT2D eigenvalue weighted by atomic mass is 15.1. The van der Waals surface area contributed by atoms with Crippen molar-refractivity contribution in [3.63, 3.8) is 0 Å². The van der Waals surface area contributed by atoms with E-state index in [9.17, 15) is 0 Å². The number of hydrogen-bond acceptors (Lipinski definition) is 1. The van der Waals surface area contributed by atoms with Crippen LogP contribution in [0.5, 0.6) is 0 Å². The fourth-order valence-corrected chi connectivity index (χ4v) is 1.46. The van der Waals surface area contributed by atoms with Gasteiger partial charge in [0.25, 0.3) is 0 Å². The summed E-state index contributed by atoms with van der Waals surface area (Å²) < 4.78 is 2.06. The van der Waals surface area contributed by atoms with Crippen molar-refractivity contribution in [3.8, 4) is 0 Å². The first kappa shape index (κ1) is 11.4. The second kappa shape index (κ2) is 5.97. The van der Waals surface area contributed by atoms with Gasteiger partial charge in [0.05, 0.1) is 0 Å². The molecule has 0 radical (unpaired) electrons. The molecule has 2 heteroatoms. The lowest BCUT2D eigenvalue weighted by molar-refractivity contribution is -0.458. The molecule has 1 fully saturated rings. The van der Waals surface area contributed by atoms with Gasteiger partial charge in [0.15, 0.2) is 6.21 Å². The quantitative estimate of drug-likeness (QED) is 0.461. The van der Waals surface area contributed by atoms with Gasteiger partial charge < -0.3 is 4.90 Å². The van der Waals surface area contributed by atoms with Gasteiger partial charge in [0.2, 0.25) is 0 Å². The fourth-order valence-electron chi connectivity index (χ4n) is 1.46. The van der Waals surface area contributed by atoms with E-state index in [1.165, 1.54) is 25.9 Å². The Bertz CT molecular complexity index is 210. The molecule has 0 atom stereocenters. The molecule has 0 aliphatic heterocycles. The summed E-state index contributed by atoms with van der Waals surface area (Å²) in [6.07, 6.45) is 10.5. The third kappa shape index (κ3) is 5.92. The summed E-state index contributed by atoms with van der Waals surface area (Å²) in [5.41, 5.74) is 0. The molecule has 14 heavy (non-hydrogen) atoms. The van der Waals surface area contributed by atoms with Crippen molar-refractivity contribution < 1.29 is 4.58 Å². The number of rotatable bonds is 6. The minimum Gasteiger partial charge on any atom is -0.306 e. The fraction of sp³-hybridized carbons (Fsp3) is 0.750. The van der Waals surface area contributed by atoms with Crippen molar-refractivity contribution in [3.05, 3.63) is 12.2 Å². The molecule has 0 N–H and O–H groups in total. The average Bonchev–Trinajstić information content (AvgIpc) is 2.87. The predicted molar refractivity (Wildman–Crippen MR) is 62.2 cm³/mol. The van der Waals surface area contributed by atoms with Crippen LogP contribution >= 0.6 is 0 Å². The van der Waals surface area contributed by atoms with Gasteiger partial charge in [0, 0.05) is 13.1 Å². The van der Waals surface area contributed by atoms with Gasteiger partial charge in [-0.1, -0.05) is 6.08 Å². The largest absolute Gasteiger partial charge is 0.306 e. The van der Waals surface area contributed by atoms with Crippen LogP contribution in [0.3, 0.4) is 0 Å². The van der Waals surface area contributed by atoms with Crippen LogP contribution in [0, 0.1) is 5.92 Å². The van der Waals surface area contributed by atoms with Crippen molar-refractivity contribution in [2.24, 2.45) is 5.92 Å². The lowest BCUT2D eigenvalue weighted by Gasteiger charge is -2.14. The topological polar surface area (TPSA) is 6.25 Å². The first-order chi connectivity index (χ1) is 6.68. The summed E-state index contributed by atoms with van der Waals surface area (Å²) in [5.74, 6) is 1.01. The van der Waals surface area contributed by atoms with Gasteiger partial charge in [-0.2, -0.15) is 0 Å². The summed E-state index contributed by atoms with van der Waals surface area (Å²) in [6.45, 7) is 2.49. The SMILES string of the molecule is CN(CC/C=C/C=[N+](C)C)CC1CC1. The van der Waals surface area contributed by atoms with Crippen molar-refractivity contribution >= 4 is 6.21 Å². The van der Waals surface area contributed by atoms with Crippen LogP contribution in [0.2, 0.25) is 0 Å². The van der Waals surface area contributed by atoms with E-state index >= 15 is 0 Å². The summed E-state index contributed by atoms with van der Waals surface area (Å²) in [6, 6.07) is 0. The Morgan fingerprint density at radius 3 is 2.64 bits per heavy atom. The summed E-state index contributed by atoms with van der Waals surface area (Å²) in [4.78, 5) is 2.44. The van der Waals surface area contributed by atoms with E-state index in [1.807, 2.05) is 14.1 Å². The highest BCUT2D eigenvalue weighted by Gasteiger charge is 2.22. The number of allylic oxidation sites excluding steroid dienone is 1. The molecular weight excluding hydrogens is 172 g/mol. The Hall–Kier alpha value is -0.630. The van der Waals surface area contributed by atoms with Gasteiger partial charge in [-0.05, 0) is 38.3 Å². The highest BCUT2D eigenvalue weighted by Crippen LogP contribution is 2.29. The van der Waals surface area contributed by atoms with Gasteiger partial charge >= 0.3 is 0 Å². The van der Waals surface area contributed by atoms with Gasteiger partial charge in [-0.15, -0.1) is 0 Å². The maximum atomic E-state index is 2.44. The molecule has 0 aromatic rings. The predicted octanol–water partition coefficient (Wildman–Crippen LogP) is 1.62. The molecule has 0 aromatic carbocycles. The van der Waals surface area contributed by atoms with Crippen LogP contribution in [0.4, 0.5) is 0 Å². The number of nitrogens with zero attached hydrogens (tertiary/aromatic N) is 2. The molecule has 1 aliphatic carbocycles. The second-order valence-corrected chi connectivity index (χ2v) is 4.54. The van der Waals surface area contributed by atoms with Crippen molar-refractivity contribution in [1.82, 2.24) is 4.90 Å². The Morgan fingerprint density at radius 2 is 2.07 bits per heavy atom. The third-order valence-corrected chi connectivity index (χ3v) is 2.46. The summed E-state index contributed by atoms with van der Waals surface area (Å²) in [5, 5.41) is 0. The van der Waals surface area contributed by atoms with Crippen LogP contribution in [-0.4, -0.2) is 49.9 Å². The second-order valence-electron chi connectivity index (χ2n) is 4.54. The zero-order valence-corrected chi connectivity index (χ0v) is 9.74. The van der Waals surface area contributed by atoms with Gasteiger partial charge in [-0.3, -0.25) is 0 Å². The van der Waals surface area contributed by atoms with E-state index < -0.39 is 0 Å². The molecule has 0 bridgehead atoms. The average molecular weight is 195 g/mol. The number of hydrogen-bond donors (Lipinski definition) is 0. The smallest absolute Gasteiger partial charge is 0.162 e. The first-order valence-corrected chi connectivity index (χ1v) is 5.53. The Labute approximate surface area is 87.9 Å². The molecule has 0 amide bonds. The van der Waals surface area contributed by atoms with E-state index in [0.29, 0.717) is 0 Å². The molecule has 0 unspecified atom stereocenters. The zero-order chi connectivity index (χ0) is 10.4. The maximum absolute atomic E-state index is 2.44. The van der Waals surface area contributed by atoms with Crippen molar-refractivity contribution in [2.45, 2.75) is 19.3 Å². The van der Waals surface area contributed by atoms with E-state index in [2.05, 4.69) is 34.9 Å². The lowest BCUT2D eigenvalue weighted by Crippen LogP contribution is -2.21. The summed E-state index contributed by atoms with van der Waals surface area (Å²) in [7, 11) is 6.31. The molecule has 2 nitrogen and oxygen atoms in total. The first-order valence-electron chi connectivity index (χ1n) is 5.53. The summed E-state index contributed by atoms with van der Waals surface area (Å²) >= 11 is 0. The van der Waals surface area contributed by atoms with Crippen LogP contribution in [0.25, 0.3) is 0 Å². The van der Waals surface area contributed by atoms with E-state index in [0.717, 1.165) is 12.3 Å². The molecule has 1 aliphatic rings. The van der Waals surface area contributed by atoms with Crippen LogP contribution in [0.15, 0.2) is 12.2 Å². The normalized spacial score (nSPS) is 16.6. The molecule has 1 rings (SSSR count). The zero-order valence-electron chi connectivity index (χ0n) is 9.74. The van der Waals surface area contributed by atoms with Crippen molar-refractivity contribution in [2.75, 3.05) is 34.2 Å². The van der Waals surface area contributed by atoms with Crippen LogP contribution < -0.4 is 0 Å². The molecule has 0 heterocycles. The van der Waals surface area contributed by atoms with E-state index in [4.69, 9.17) is 0 Å². The molecule has 0 spiro atoms. The molecule has 0 saturated heterocycles. The van der Waals surface area contributed by atoms with E-state index in [1.54, 1.807) is 0 Å². The minimum absolute atomic E-state index is 1.01. The maximum Gasteiger partial charge on any atom is 0.162 e. The Balaban J connectivity index is 2.01. The minimum atomic E-state index is 1.01. The Kier molecular flexibility index (Phi) is 4.88. The molecule has 80 valence electrons. The molecule has 1 saturated carbocycles. The monoisotopic (exact) mass is 195 g/mol. The van der Waals surface area contributed by atoms with E-state index in [-0.39, 0.29) is 0 Å². The lowest BCUT2D eigenvalue weighted by atomic mass is 10.3. The third-order valence-electron chi connectivity index (χ3n) is 2.46. The Morgan fingerprint density at radius 1 is 1.36 bits per heavy atom. The van der Waals surface area contributed by atoms with Gasteiger partial charge in [0.1, 0.15) is 14.1 Å². The molecular formula is C12H23N2+. The standard InChI is InChI=1S/C12H23N2/c1-13(2)9-5-4-6-10-14(3)11-12-7-8-12/h4-5,9,12H,6-8,10-11H2,1-3H3/q+1/b5-4+. The molecule has 0 aromatic heterocycles. The van der Waals surface area contributed by atoms with Crippen LogP contribution in [-0.2, 0) is 0 Å². The van der Waals surface area contributed by atoms with Crippen LogP contribution in [0.1, 0.15) is 19.3 Å². The van der Waals surface area contributed by atoms with Gasteiger partial charge in [-0.25, -0.2) is 4.58 Å². The van der Waals surface area contributed by atoms with Crippen molar-refractivity contribution in [1.29, 1.82) is 0 Å².